The smallest absolute Gasteiger partial charge is 0.191 e. The summed E-state index contributed by atoms with van der Waals surface area (Å²) in [5, 5.41) is 9.87. The predicted octanol–water partition coefficient (Wildman–Crippen LogP) is 4.56. The fourth-order valence-electron chi connectivity index (χ4n) is 2.82. The van der Waals surface area contributed by atoms with Crippen molar-refractivity contribution in [2.75, 3.05) is 13.2 Å². The number of rotatable bonds is 5. The number of benzene rings is 1. The summed E-state index contributed by atoms with van der Waals surface area (Å²) in [6, 6.07) is 4.64. The molecule has 1 aliphatic carbocycles. The number of thioether (sulfide) groups is 1. The molecule has 0 bridgehead atoms. The second kappa shape index (κ2) is 6.59. The third-order valence-electron chi connectivity index (χ3n) is 4.19. The molecular weight excluding hydrogens is 390 g/mol. The Balaban J connectivity index is 1.55. The summed E-state index contributed by atoms with van der Waals surface area (Å²) in [7, 11) is 0. The Morgan fingerprint density at radius 2 is 1.92 bits per heavy atom. The molecule has 0 radical (unpaired) electrons. The maximum absolute atomic E-state index is 5.69. The highest BCUT2D eigenvalue weighted by atomic mass is 79.9. The highest BCUT2D eigenvalue weighted by Gasteiger charge is 2.30. The first-order valence-electron chi connectivity index (χ1n) is 8.29. The van der Waals surface area contributed by atoms with Gasteiger partial charge in [0.2, 0.25) is 0 Å². The summed E-state index contributed by atoms with van der Waals surface area (Å²) in [5.74, 6) is 3.95. The van der Waals surface area contributed by atoms with E-state index < -0.39 is 0 Å². The molecule has 24 heavy (non-hydrogen) atoms. The third-order valence-corrected chi connectivity index (χ3v) is 5.92. The summed E-state index contributed by atoms with van der Waals surface area (Å²) in [4.78, 5) is 0. The Labute approximate surface area is 154 Å². The van der Waals surface area contributed by atoms with Gasteiger partial charge in [0, 0.05) is 22.2 Å². The molecule has 128 valence electrons. The van der Waals surface area contributed by atoms with Gasteiger partial charge >= 0.3 is 0 Å². The maximum Gasteiger partial charge on any atom is 0.191 e. The van der Waals surface area contributed by atoms with E-state index in [0.29, 0.717) is 25.2 Å². The Bertz CT molecular complexity index is 759. The molecule has 4 rings (SSSR count). The first-order chi connectivity index (χ1) is 11.6. The standard InChI is InChI=1S/C17H20BrN3O2S/c1-10(2)16-19-20-17(21(16)12-3-4-12)24-9-11-7-14-15(8-13(11)18)23-6-5-22-14/h7-8,10,12H,3-6,9H2,1-2H3. The monoisotopic (exact) mass is 409 g/mol. The molecular formula is C17H20BrN3O2S. The summed E-state index contributed by atoms with van der Waals surface area (Å²) in [6.45, 7) is 5.56. The lowest BCUT2D eigenvalue weighted by Gasteiger charge is -2.20. The van der Waals surface area contributed by atoms with Gasteiger partial charge in [0.1, 0.15) is 19.0 Å². The van der Waals surface area contributed by atoms with Gasteiger partial charge in [0.15, 0.2) is 16.7 Å². The second-order valence-corrected chi connectivity index (χ2v) is 8.27. The molecule has 1 aromatic carbocycles. The number of fused-ring (bicyclic) bond motifs is 1. The number of halogens is 1. The summed E-state index contributed by atoms with van der Waals surface area (Å²) in [5.41, 5.74) is 1.18. The first kappa shape index (κ1) is 16.3. The number of nitrogens with zero attached hydrogens (tertiary/aromatic N) is 3. The van der Waals surface area contributed by atoms with Crippen molar-refractivity contribution in [2.24, 2.45) is 0 Å². The van der Waals surface area contributed by atoms with E-state index in [9.17, 15) is 0 Å². The van der Waals surface area contributed by atoms with Crippen molar-refractivity contribution in [3.8, 4) is 11.5 Å². The van der Waals surface area contributed by atoms with Crippen LogP contribution in [0.15, 0.2) is 21.8 Å². The van der Waals surface area contributed by atoms with Crippen LogP contribution in [0.5, 0.6) is 11.5 Å². The van der Waals surface area contributed by atoms with Crippen molar-refractivity contribution in [3.05, 3.63) is 28.0 Å². The van der Waals surface area contributed by atoms with E-state index in [2.05, 4.69) is 50.6 Å². The highest BCUT2D eigenvalue weighted by Crippen LogP contribution is 2.42. The van der Waals surface area contributed by atoms with Crippen LogP contribution in [0.25, 0.3) is 0 Å². The maximum atomic E-state index is 5.69. The van der Waals surface area contributed by atoms with Crippen LogP contribution in [0.1, 0.15) is 50.0 Å². The van der Waals surface area contributed by atoms with Crippen LogP contribution < -0.4 is 9.47 Å². The highest BCUT2D eigenvalue weighted by molar-refractivity contribution is 9.10. The molecule has 1 aliphatic heterocycles. The van der Waals surface area contributed by atoms with Gasteiger partial charge in [-0.05, 0) is 30.5 Å². The zero-order valence-corrected chi connectivity index (χ0v) is 16.2. The SMILES string of the molecule is CC(C)c1nnc(SCc2cc3c(cc2Br)OCCO3)n1C1CC1. The molecule has 2 aliphatic rings. The van der Waals surface area contributed by atoms with E-state index in [1.807, 2.05) is 6.07 Å². The van der Waals surface area contributed by atoms with Crippen LogP contribution >= 0.6 is 27.7 Å². The molecule has 0 saturated heterocycles. The van der Waals surface area contributed by atoms with Crippen molar-refractivity contribution in [1.29, 1.82) is 0 Å². The van der Waals surface area contributed by atoms with Gasteiger partial charge in [0.25, 0.3) is 0 Å². The van der Waals surface area contributed by atoms with Crippen LogP contribution in [0.2, 0.25) is 0 Å². The fraction of sp³-hybridized carbons (Fsp3) is 0.529. The zero-order valence-electron chi connectivity index (χ0n) is 13.8. The van der Waals surface area contributed by atoms with Gasteiger partial charge in [-0.1, -0.05) is 41.5 Å². The molecule has 1 saturated carbocycles. The van der Waals surface area contributed by atoms with Crippen LogP contribution in [0, 0.1) is 0 Å². The van der Waals surface area contributed by atoms with E-state index in [-0.39, 0.29) is 0 Å². The Kier molecular flexibility index (Phi) is 4.47. The Morgan fingerprint density at radius 1 is 1.21 bits per heavy atom. The lowest BCUT2D eigenvalue weighted by molar-refractivity contribution is 0.171. The molecule has 2 aromatic rings. The average Bonchev–Trinajstić information content (AvgIpc) is 3.32. The average molecular weight is 410 g/mol. The van der Waals surface area contributed by atoms with Crippen molar-refractivity contribution in [1.82, 2.24) is 14.8 Å². The van der Waals surface area contributed by atoms with Crippen LogP contribution in [0.4, 0.5) is 0 Å². The second-order valence-electron chi connectivity index (χ2n) is 6.47. The predicted molar refractivity (Wildman–Crippen MR) is 97.1 cm³/mol. The number of aromatic nitrogens is 3. The molecule has 1 fully saturated rings. The van der Waals surface area contributed by atoms with E-state index in [1.165, 1.54) is 18.4 Å². The summed E-state index contributed by atoms with van der Waals surface area (Å²) < 4.78 is 14.7. The van der Waals surface area contributed by atoms with E-state index in [1.54, 1.807) is 11.8 Å². The van der Waals surface area contributed by atoms with Gasteiger partial charge in [0.05, 0.1) is 0 Å². The molecule has 0 amide bonds. The number of hydrogen-bond acceptors (Lipinski definition) is 5. The van der Waals surface area contributed by atoms with Crippen LogP contribution in [-0.4, -0.2) is 28.0 Å². The van der Waals surface area contributed by atoms with Crippen LogP contribution in [0.3, 0.4) is 0 Å². The Morgan fingerprint density at radius 3 is 2.58 bits per heavy atom. The van der Waals surface area contributed by atoms with Gasteiger partial charge in [-0.15, -0.1) is 10.2 Å². The molecule has 5 nitrogen and oxygen atoms in total. The minimum absolute atomic E-state index is 0.397. The quantitative estimate of drug-likeness (QED) is 0.677. The van der Waals surface area contributed by atoms with Gasteiger partial charge in [-0.3, -0.25) is 0 Å². The lowest BCUT2D eigenvalue weighted by Crippen LogP contribution is -2.15. The van der Waals surface area contributed by atoms with E-state index >= 15 is 0 Å². The molecule has 2 heterocycles. The third kappa shape index (κ3) is 3.16. The summed E-state index contributed by atoms with van der Waals surface area (Å²) >= 11 is 5.38. The number of ether oxygens (including phenoxy) is 2. The minimum Gasteiger partial charge on any atom is -0.486 e. The molecule has 0 unspecified atom stereocenters. The van der Waals surface area contributed by atoms with E-state index in [4.69, 9.17) is 9.47 Å². The molecule has 0 atom stereocenters. The Hall–Kier alpha value is -1.21. The minimum atomic E-state index is 0.397. The molecule has 0 spiro atoms. The fourth-order valence-corrected chi connectivity index (χ4v) is 4.47. The van der Waals surface area contributed by atoms with Gasteiger partial charge < -0.3 is 14.0 Å². The van der Waals surface area contributed by atoms with E-state index in [0.717, 1.165) is 32.7 Å². The van der Waals surface area contributed by atoms with Gasteiger partial charge in [-0.2, -0.15) is 0 Å². The summed E-state index contributed by atoms with van der Waals surface area (Å²) in [6.07, 6.45) is 2.47. The normalized spacial score (nSPS) is 16.7. The topological polar surface area (TPSA) is 49.2 Å². The van der Waals surface area contributed by atoms with Crippen LogP contribution in [-0.2, 0) is 5.75 Å². The largest absolute Gasteiger partial charge is 0.486 e. The molecule has 1 aromatic heterocycles. The molecule has 0 N–H and O–H groups in total. The first-order valence-corrected chi connectivity index (χ1v) is 10.1. The molecule has 7 heteroatoms. The van der Waals surface area contributed by atoms with Crippen molar-refractivity contribution < 1.29 is 9.47 Å². The van der Waals surface area contributed by atoms with Gasteiger partial charge in [-0.25, -0.2) is 0 Å². The van der Waals surface area contributed by atoms with Crippen molar-refractivity contribution in [3.63, 3.8) is 0 Å². The van der Waals surface area contributed by atoms with Crippen molar-refractivity contribution >= 4 is 27.7 Å². The number of hydrogen-bond donors (Lipinski definition) is 0. The lowest BCUT2D eigenvalue weighted by atomic mass is 10.2. The zero-order chi connectivity index (χ0) is 16.7. The van der Waals surface area contributed by atoms with Crippen molar-refractivity contribution in [2.45, 2.75) is 49.6 Å².